The molecule has 0 aliphatic carbocycles. The van der Waals surface area contributed by atoms with Crippen molar-refractivity contribution in [1.82, 2.24) is 10.4 Å². The van der Waals surface area contributed by atoms with E-state index in [1.165, 1.54) is 0 Å². The van der Waals surface area contributed by atoms with Crippen LogP contribution in [0.5, 0.6) is 0 Å². The van der Waals surface area contributed by atoms with Crippen LogP contribution in [0.3, 0.4) is 0 Å². The predicted molar refractivity (Wildman–Crippen MR) is 130 cm³/mol. The van der Waals surface area contributed by atoms with Crippen LogP contribution in [0, 0.1) is 0 Å². The highest BCUT2D eigenvalue weighted by Crippen LogP contribution is 2.21. The molecule has 1 aliphatic rings. The Morgan fingerprint density at radius 1 is 0.794 bits per heavy atom. The monoisotopic (exact) mass is 460 g/mol. The van der Waals surface area contributed by atoms with E-state index >= 15 is 0 Å². The molecule has 0 bridgehead atoms. The zero-order chi connectivity index (χ0) is 23.6. The van der Waals surface area contributed by atoms with Gasteiger partial charge in [0, 0.05) is 6.92 Å². The summed E-state index contributed by atoms with van der Waals surface area (Å²) in [6.07, 6.45) is -0.602. The second kappa shape index (κ2) is 12.4. The number of carbonyl (C=O) groups excluding carboxylic acids is 1. The van der Waals surface area contributed by atoms with Crippen molar-refractivity contribution in [2.24, 2.45) is 0 Å². The lowest BCUT2D eigenvalue weighted by Crippen LogP contribution is -2.66. The van der Waals surface area contributed by atoms with Crippen LogP contribution in [0.4, 0.5) is 0 Å². The van der Waals surface area contributed by atoms with Crippen LogP contribution in [-0.4, -0.2) is 42.3 Å². The Morgan fingerprint density at radius 3 is 1.82 bits per heavy atom. The third-order valence-corrected chi connectivity index (χ3v) is 5.83. The third kappa shape index (κ3) is 6.98. The van der Waals surface area contributed by atoms with Gasteiger partial charge in [-0.1, -0.05) is 91.0 Å². The number of carbonyl (C=O) groups is 1. The number of hydrogen-bond acceptors (Lipinski definition) is 5. The Bertz CT molecular complexity index is 1000. The molecule has 6 nitrogen and oxygen atoms in total. The van der Waals surface area contributed by atoms with E-state index in [9.17, 15) is 4.79 Å². The first-order valence-corrected chi connectivity index (χ1v) is 11.7. The Kier molecular flexibility index (Phi) is 8.82. The molecule has 34 heavy (non-hydrogen) atoms. The van der Waals surface area contributed by atoms with Gasteiger partial charge in [-0.3, -0.25) is 9.80 Å². The van der Waals surface area contributed by atoms with Gasteiger partial charge < -0.3 is 14.2 Å². The molecule has 1 aliphatic heterocycles. The van der Waals surface area contributed by atoms with Crippen LogP contribution in [0.15, 0.2) is 91.0 Å². The zero-order valence-corrected chi connectivity index (χ0v) is 19.5. The van der Waals surface area contributed by atoms with Crippen molar-refractivity contribution in [3.63, 3.8) is 0 Å². The summed E-state index contributed by atoms with van der Waals surface area (Å²) in [5.74, 6) is -0.0668. The van der Waals surface area contributed by atoms with Gasteiger partial charge in [0.1, 0.15) is 12.2 Å². The fourth-order valence-corrected chi connectivity index (χ4v) is 4.01. The lowest BCUT2D eigenvalue weighted by atomic mass is 10.0. The van der Waals surface area contributed by atoms with E-state index in [-0.39, 0.29) is 24.2 Å². The fourth-order valence-electron chi connectivity index (χ4n) is 4.01. The van der Waals surface area contributed by atoms with Crippen LogP contribution in [0.1, 0.15) is 23.6 Å². The molecule has 1 heterocycles. The number of hydrogen-bond donors (Lipinski definition) is 1. The maximum Gasteiger partial charge on any atom is 0.233 e. The SMILES string of the molecule is CC(=O)N1C[C@@H](OCc2ccccc2)[C@H](OCc2ccccc2)[C@@H](COCc2ccccc2)N1. The molecular weight excluding hydrogens is 428 g/mol. The van der Waals surface area contributed by atoms with Gasteiger partial charge in [0.15, 0.2) is 0 Å². The van der Waals surface area contributed by atoms with Crippen molar-refractivity contribution in [1.29, 1.82) is 0 Å². The Hall–Kier alpha value is -3.03. The van der Waals surface area contributed by atoms with E-state index in [2.05, 4.69) is 5.43 Å². The largest absolute Gasteiger partial charge is 0.375 e. The average Bonchev–Trinajstić information content (AvgIpc) is 2.88. The molecule has 1 saturated heterocycles. The van der Waals surface area contributed by atoms with Crippen molar-refractivity contribution >= 4 is 5.91 Å². The van der Waals surface area contributed by atoms with Gasteiger partial charge in [-0.15, -0.1) is 0 Å². The molecule has 1 N–H and O–H groups in total. The smallest absolute Gasteiger partial charge is 0.233 e. The second-order valence-corrected chi connectivity index (χ2v) is 8.46. The molecule has 0 spiro atoms. The lowest BCUT2D eigenvalue weighted by molar-refractivity contribution is -0.170. The summed E-state index contributed by atoms with van der Waals surface area (Å²) in [6.45, 7) is 3.71. The first-order chi connectivity index (χ1) is 16.7. The van der Waals surface area contributed by atoms with E-state index < -0.39 is 0 Å². The van der Waals surface area contributed by atoms with Crippen LogP contribution >= 0.6 is 0 Å². The quantitative estimate of drug-likeness (QED) is 0.494. The van der Waals surface area contributed by atoms with Crippen LogP contribution in [0.25, 0.3) is 0 Å². The molecule has 0 unspecified atom stereocenters. The summed E-state index contributed by atoms with van der Waals surface area (Å²) in [7, 11) is 0. The van der Waals surface area contributed by atoms with Crippen molar-refractivity contribution in [2.45, 2.75) is 45.0 Å². The zero-order valence-electron chi connectivity index (χ0n) is 19.5. The highest BCUT2D eigenvalue weighted by atomic mass is 16.5. The Balaban J connectivity index is 1.47. The van der Waals surface area contributed by atoms with E-state index in [1.54, 1.807) is 11.9 Å². The Labute approximate surface area is 201 Å². The highest BCUT2D eigenvalue weighted by Gasteiger charge is 2.39. The summed E-state index contributed by atoms with van der Waals surface area (Å²) >= 11 is 0. The van der Waals surface area contributed by atoms with Gasteiger partial charge in [-0.05, 0) is 16.7 Å². The molecule has 178 valence electrons. The number of amides is 1. The highest BCUT2D eigenvalue weighted by molar-refractivity contribution is 5.72. The van der Waals surface area contributed by atoms with E-state index in [4.69, 9.17) is 14.2 Å². The number of nitrogens with zero attached hydrogens (tertiary/aromatic N) is 1. The normalized spacial score (nSPS) is 20.3. The topological polar surface area (TPSA) is 60.0 Å². The molecule has 0 aromatic heterocycles. The summed E-state index contributed by atoms with van der Waals surface area (Å²) in [5, 5.41) is 1.61. The summed E-state index contributed by atoms with van der Waals surface area (Å²) < 4.78 is 18.8. The van der Waals surface area contributed by atoms with Crippen molar-refractivity contribution in [3.8, 4) is 0 Å². The number of rotatable bonds is 10. The second-order valence-electron chi connectivity index (χ2n) is 8.46. The van der Waals surface area contributed by atoms with E-state index in [1.807, 2.05) is 91.0 Å². The Morgan fingerprint density at radius 2 is 1.29 bits per heavy atom. The first-order valence-electron chi connectivity index (χ1n) is 11.7. The molecule has 0 radical (unpaired) electrons. The molecule has 3 atom stereocenters. The number of hydrazine groups is 1. The van der Waals surface area contributed by atoms with Crippen molar-refractivity contribution in [2.75, 3.05) is 13.2 Å². The van der Waals surface area contributed by atoms with Gasteiger partial charge in [0.2, 0.25) is 5.91 Å². The maximum absolute atomic E-state index is 12.3. The molecule has 6 heteroatoms. The lowest BCUT2D eigenvalue weighted by Gasteiger charge is -2.43. The average molecular weight is 461 g/mol. The molecular formula is C28H32N2O4. The van der Waals surface area contributed by atoms with Crippen molar-refractivity contribution in [3.05, 3.63) is 108 Å². The van der Waals surface area contributed by atoms with Crippen LogP contribution in [-0.2, 0) is 38.8 Å². The minimum atomic E-state index is -0.306. The van der Waals surface area contributed by atoms with Gasteiger partial charge in [0.25, 0.3) is 0 Å². The summed E-state index contributed by atoms with van der Waals surface area (Å²) in [5.41, 5.74) is 6.57. The fraction of sp³-hybridized carbons (Fsp3) is 0.321. The summed E-state index contributed by atoms with van der Waals surface area (Å²) in [6, 6.07) is 29.9. The third-order valence-electron chi connectivity index (χ3n) is 5.83. The minimum Gasteiger partial charge on any atom is -0.375 e. The van der Waals surface area contributed by atoms with Gasteiger partial charge in [0.05, 0.1) is 39.0 Å². The molecule has 3 aromatic rings. The molecule has 1 fully saturated rings. The molecule has 4 rings (SSSR count). The maximum atomic E-state index is 12.3. The van der Waals surface area contributed by atoms with Gasteiger partial charge in [-0.2, -0.15) is 0 Å². The summed E-state index contributed by atoms with van der Waals surface area (Å²) in [4.78, 5) is 12.3. The van der Waals surface area contributed by atoms with Crippen LogP contribution in [0.2, 0.25) is 0 Å². The van der Waals surface area contributed by atoms with Gasteiger partial charge in [-0.25, -0.2) is 5.43 Å². The van der Waals surface area contributed by atoms with Crippen LogP contribution < -0.4 is 5.43 Å². The molecule has 0 saturated carbocycles. The molecule has 3 aromatic carbocycles. The first kappa shape index (κ1) is 24.1. The van der Waals surface area contributed by atoms with E-state index in [0.29, 0.717) is 33.0 Å². The van der Waals surface area contributed by atoms with E-state index in [0.717, 1.165) is 16.7 Å². The standard InChI is InChI=1S/C28H32N2O4/c1-22(31)30-17-27(33-19-24-13-7-3-8-14-24)28(34-20-25-15-9-4-10-16-25)26(29-30)21-32-18-23-11-5-2-6-12-23/h2-16,26-29H,17-21H2,1H3/t26-,27-,28-/m1/s1. The number of ether oxygens (including phenoxy) is 3. The predicted octanol–water partition coefficient (Wildman–Crippen LogP) is 4.11. The van der Waals surface area contributed by atoms with Gasteiger partial charge >= 0.3 is 0 Å². The number of nitrogens with one attached hydrogen (secondary N) is 1. The minimum absolute atomic E-state index is 0.0668. The molecule has 1 amide bonds. The van der Waals surface area contributed by atoms with Crippen molar-refractivity contribution < 1.29 is 19.0 Å². The number of benzene rings is 3.